The Kier molecular flexibility index (Phi) is 10.8. The summed E-state index contributed by atoms with van der Waals surface area (Å²) in [4.78, 5) is 22.2. The van der Waals surface area contributed by atoms with Crippen LogP contribution in [0.5, 0.6) is 0 Å². The normalized spacial score (nSPS) is 19.0. The van der Waals surface area contributed by atoms with Gasteiger partial charge in [-0.1, -0.05) is 40.9 Å². The summed E-state index contributed by atoms with van der Waals surface area (Å²) in [5.74, 6) is 0.464. The maximum Gasteiger partial charge on any atom is 0.320 e. The van der Waals surface area contributed by atoms with Gasteiger partial charge < -0.3 is 16.2 Å². The van der Waals surface area contributed by atoms with E-state index in [9.17, 15) is 9.59 Å². The van der Waals surface area contributed by atoms with Crippen molar-refractivity contribution in [2.45, 2.75) is 69.1 Å². The van der Waals surface area contributed by atoms with Gasteiger partial charge in [-0.2, -0.15) is 0 Å². The molecule has 128 valence electrons. The van der Waals surface area contributed by atoms with Crippen LogP contribution in [0.4, 0.5) is 0 Å². The summed E-state index contributed by atoms with van der Waals surface area (Å²) in [6.07, 6.45) is 8.35. The van der Waals surface area contributed by atoms with Gasteiger partial charge >= 0.3 is 5.97 Å². The van der Waals surface area contributed by atoms with Gasteiger partial charge in [0.2, 0.25) is 5.91 Å². The minimum absolute atomic E-state index is 0.135. The molecule has 0 spiro atoms. The standard InChI is InChI=1S/C15H28N2O3S2/c16-13(15(19)20)7-2-1-5-10-17-14(18)8-4-3-6-12-9-11-21-22-12/h12-13H,1-11,16H2,(H,17,18)(H,19,20)/t12-,13+/m1/s1. The highest BCUT2D eigenvalue weighted by molar-refractivity contribution is 8.77. The van der Waals surface area contributed by atoms with Crippen LogP contribution >= 0.6 is 21.6 Å². The van der Waals surface area contributed by atoms with Crippen molar-refractivity contribution in [3.63, 3.8) is 0 Å². The fourth-order valence-corrected chi connectivity index (χ4v) is 5.36. The molecule has 5 nitrogen and oxygen atoms in total. The number of carboxylic acids is 1. The van der Waals surface area contributed by atoms with Gasteiger partial charge in [-0.05, 0) is 32.1 Å². The Balaban J connectivity index is 1.85. The lowest BCUT2D eigenvalue weighted by atomic mass is 10.1. The molecule has 0 unspecified atom stereocenters. The van der Waals surface area contributed by atoms with Gasteiger partial charge in [0.25, 0.3) is 0 Å². The Labute approximate surface area is 140 Å². The summed E-state index contributed by atoms with van der Waals surface area (Å²) in [6.45, 7) is 0.677. The van der Waals surface area contributed by atoms with Crippen LogP contribution in [0.1, 0.15) is 57.8 Å². The average molecular weight is 349 g/mol. The van der Waals surface area contributed by atoms with E-state index >= 15 is 0 Å². The lowest BCUT2D eigenvalue weighted by Crippen LogP contribution is -2.29. The molecule has 0 bridgehead atoms. The molecule has 1 amide bonds. The van der Waals surface area contributed by atoms with Gasteiger partial charge in [0.1, 0.15) is 6.04 Å². The maximum atomic E-state index is 11.7. The van der Waals surface area contributed by atoms with Gasteiger partial charge in [0.05, 0.1) is 0 Å². The van der Waals surface area contributed by atoms with Crippen molar-refractivity contribution in [2.75, 3.05) is 12.3 Å². The number of carbonyl (C=O) groups excluding carboxylic acids is 1. The zero-order chi connectivity index (χ0) is 16.2. The smallest absolute Gasteiger partial charge is 0.320 e. The van der Waals surface area contributed by atoms with E-state index < -0.39 is 12.0 Å². The highest BCUT2D eigenvalue weighted by atomic mass is 33.1. The van der Waals surface area contributed by atoms with Crippen molar-refractivity contribution in [1.29, 1.82) is 0 Å². The van der Waals surface area contributed by atoms with Crippen molar-refractivity contribution >= 4 is 33.5 Å². The largest absolute Gasteiger partial charge is 0.480 e. The van der Waals surface area contributed by atoms with Gasteiger partial charge in [0, 0.05) is 24.0 Å². The SMILES string of the molecule is N[C@@H](CCCCCNC(=O)CCCC[C@@H]1CCSS1)C(=O)O. The van der Waals surface area contributed by atoms with Crippen LogP contribution in [0, 0.1) is 0 Å². The molecule has 4 N–H and O–H groups in total. The van der Waals surface area contributed by atoms with Crippen molar-refractivity contribution in [3.8, 4) is 0 Å². The minimum atomic E-state index is -0.942. The Morgan fingerprint density at radius 2 is 2.05 bits per heavy atom. The first kappa shape index (κ1) is 19.6. The van der Waals surface area contributed by atoms with Crippen molar-refractivity contribution in [3.05, 3.63) is 0 Å². The van der Waals surface area contributed by atoms with Crippen LogP contribution < -0.4 is 11.1 Å². The zero-order valence-electron chi connectivity index (χ0n) is 13.1. The summed E-state index contributed by atoms with van der Waals surface area (Å²) >= 11 is 0. The third-order valence-corrected chi connectivity index (χ3v) is 6.75. The van der Waals surface area contributed by atoms with E-state index in [0.29, 0.717) is 19.4 Å². The quantitative estimate of drug-likeness (QED) is 0.371. The van der Waals surface area contributed by atoms with Crippen molar-refractivity contribution < 1.29 is 14.7 Å². The van der Waals surface area contributed by atoms with Gasteiger partial charge in [-0.3, -0.25) is 9.59 Å². The van der Waals surface area contributed by atoms with E-state index in [1.54, 1.807) is 0 Å². The van der Waals surface area contributed by atoms with Gasteiger partial charge in [-0.15, -0.1) is 0 Å². The predicted molar refractivity (Wildman–Crippen MR) is 94.0 cm³/mol. The van der Waals surface area contributed by atoms with Crippen molar-refractivity contribution in [1.82, 2.24) is 5.32 Å². The molecule has 1 aliphatic rings. The van der Waals surface area contributed by atoms with Crippen LogP contribution in [0.2, 0.25) is 0 Å². The Morgan fingerprint density at radius 3 is 2.73 bits per heavy atom. The van der Waals surface area contributed by atoms with Crippen LogP contribution in [0.25, 0.3) is 0 Å². The maximum absolute atomic E-state index is 11.7. The van der Waals surface area contributed by atoms with Crippen LogP contribution in [0.15, 0.2) is 0 Å². The first-order chi connectivity index (χ1) is 10.6. The molecule has 0 radical (unpaired) electrons. The number of hydrogen-bond donors (Lipinski definition) is 3. The summed E-state index contributed by atoms with van der Waals surface area (Å²) < 4.78 is 0. The highest BCUT2D eigenvalue weighted by Gasteiger charge is 2.15. The first-order valence-electron chi connectivity index (χ1n) is 8.13. The molecule has 0 aliphatic carbocycles. The molecule has 1 aliphatic heterocycles. The van der Waals surface area contributed by atoms with Gasteiger partial charge in [-0.25, -0.2) is 0 Å². The Morgan fingerprint density at radius 1 is 1.23 bits per heavy atom. The molecule has 0 saturated carbocycles. The third kappa shape index (κ3) is 9.58. The number of aliphatic carboxylic acids is 1. The van der Waals surface area contributed by atoms with E-state index in [1.165, 1.54) is 18.6 Å². The molecule has 1 saturated heterocycles. The number of hydrogen-bond acceptors (Lipinski definition) is 5. The molecular weight excluding hydrogens is 320 g/mol. The molecule has 2 atom stereocenters. The van der Waals surface area contributed by atoms with Crippen LogP contribution in [-0.4, -0.2) is 40.6 Å². The lowest BCUT2D eigenvalue weighted by molar-refractivity contribution is -0.138. The van der Waals surface area contributed by atoms with Crippen LogP contribution in [0.3, 0.4) is 0 Å². The zero-order valence-corrected chi connectivity index (χ0v) is 14.7. The second-order valence-corrected chi connectivity index (χ2v) is 8.51. The average Bonchev–Trinajstić information content (AvgIpc) is 3.00. The molecular formula is C15H28N2O3S2. The Hall–Kier alpha value is -0.400. The second-order valence-electron chi connectivity index (χ2n) is 5.72. The number of nitrogens with two attached hydrogens (primary N) is 1. The number of rotatable bonds is 12. The molecule has 22 heavy (non-hydrogen) atoms. The second kappa shape index (κ2) is 12.1. The summed E-state index contributed by atoms with van der Waals surface area (Å²) in [5.41, 5.74) is 5.42. The van der Waals surface area contributed by atoms with E-state index in [-0.39, 0.29) is 5.91 Å². The molecule has 1 heterocycles. The molecule has 0 aromatic rings. The molecule has 1 fully saturated rings. The van der Waals surface area contributed by atoms with E-state index in [4.69, 9.17) is 10.8 Å². The summed E-state index contributed by atoms with van der Waals surface area (Å²) in [5, 5.41) is 12.4. The van der Waals surface area contributed by atoms with Crippen LogP contribution in [-0.2, 0) is 9.59 Å². The number of unbranched alkanes of at least 4 members (excludes halogenated alkanes) is 3. The van der Waals surface area contributed by atoms with E-state index in [0.717, 1.165) is 37.4 Å². The first-order valence-corrected chi connectivity index (χ1v) is 10.5. The molecule has 1 rings (SSSR count). The summed E-state index contributed by atoms with van der Waals surface area (Å²) in [7, 11) is 3.96. The molecule has 0 aromatic heterocycles. The number of carbonyl (C=O) groups is 2. The highest BCUT2D eigenvalue weighted by Crippen LogP contribution is 2.39. The monoisotopic (exact) mass is 348 g/mol. The number of carboxylic acid groups (broad SMARTS) is 1. The van der Waals surface area contributed by atoms with Crippen molar-refractivity contribution in [2.24, 2.45) is 5.73 Å². The molecule has 0 aromatic carbocycles. The Bertz CT molecular complexity index is 337. The fraction of sp³-hybridized carbons (Fsp3) is 0.867. The van der Waals surface area contributed by atoms with E-state index in [1.807, 2.05) is 21.6 Å². The summed E-state index contributed by atoms with van der Waals surface area (Å²) in [6, 6.07) is -0.758. The minimum Gasteiger partial charge on any atom is -0.480 e. The number of nitrogens with one attached hydrogen (secondary N) is 1. The topological polar surface area (TPSA) is 92.4 Å². The fourth-order valence-electron chi connectivity index (χ4n) is 2.33. The lowest BCUT2D eigenvalue weighted by Gasteiger charge is -2.08. The molecule has 7 heteroatoms. The third-order valence-electron chi connectivity index (χ3n) is 3.74. The predicted octanol–water partition coefficient (Wildman–Crippen LogP) is 2.79. The number of amides is 1. The van der Waals surface area contributed by atoms with E-state index in [2.05, 4.69) is 5.32 Å². The van der Waals surface area contributed by atoms with Gasteiger partial charge in [0.15, 0.2) is 0 Å².